The van der Waals surface area contributed by atoms with E-state index in [9.17, 15) is 9.59 Å². The maximum Gasteiger partial charge on any atom is 0.254 e. The monoisotopic (exact) mass is 452 g/mol. The molecule has 1 atom stereocenters. The standard InChI is InChI=1S/C24H32N6O3/c1-17-23(31)28(3)20-8-9-21(26-22(20)30(17)14-15-33-4)25-19-7-5-6-18(16-19)24(32)29-12-10-27(2)11-13-29/h5-9,16-17H,10-15H2,1-4H3,(H,25,26)/t17-/m0/s1. The van der Waals surface area contributed by atoms with Crippen LogP contribution in [0, 0.1) is 0 Å². The molecule has 1 N–H and O–H groups in total. The summed E-state index contributed by atoms with van der Waals surface area (Å²) in [5.74, 6) is 1.45. The van der Waals surface area contributed by atoms with E-state index in [0.717, 1.165) is 43.4 Å². The molecule has 9 nitrogen and oxygen atoms in total. The van der Waals surface area contributed by atoms with E-state index < -0.39 is 0 Å². The first-order chi connectivity index (χ1) is 15.9. The number of likely N-dealkylation sites (N-methyl/N-ethyl adjacent to an activating group) is 2. The number of anilines is 4. The third-order valence-corrected chi connectivity index (χ3v) is 6.35. The molecule has 1 aromatic heterocycles. The van der Waals surface area contributed by atoms with Gasteiger partial charge in [0, 0.05) is 58.1 Å². The molecule has 4 rings (SSSR count). The van der Waals surface area contributed by atoms with Crippen LogP contribution in [0.4, 0.5) is 23.0 Å². The quantitative estimate of drug-likeness (QED) is 0.718. The number of ether oxygens (including phenoxy) is 1. The molecule has 176 valence electrons. The summed E-state index contributed by atoms with van der Waals surface area (Å²) in [6.07, 6.45) is 0. The Morgan fingerprint density at radius 3 is 2.64 bits per heavy atom. The van der Waals surface area contributed by atoms with Crippen LogP contribution in [-0.4, -0.2) is 93.2 Å². The number of hydrogen-bond donors (Lipinski definition) is 1. The van der Waals surface area contributed by atoms with Crippen LogP contribution in [0.1, 0.15) is 17.3 Å². The number of hydrogen-bond acceptors (Lipinski definition) is 7. The number of carbonyl (C=O) groups is 2. The summed E-state index contributed by atoms with van der Waals surface area (Å²) in [6.45, 7) is 6.19. The lowest BCUT2D eigenvalue weighted by Gasteiger charge is -2.39. The van der Waals surface area contributed by atoms with Gasteiger partial charge < -0.3 is 29.7 Å². The van der Waals surface area contributed by atoms with Crippen LogP contribution in [0.2, 0.25) is 0 Å². The van der Waals surface area contributed by atoms with Crippen molar-refractivity contribution in [3.8, 4) is 0 Å². The number of methoxy groups -OCH3 is 1. The minimum absolute atomic E-state index is 0.0243. The SMILES string of the molecule is COCCN1c2nc(Nc3cccc(C(=O)N4CCN(C)CC4)c3)ccc2N(C)C(=O)[C@@H]1C. The smallest absolute Gasteiger partial charge is 0.254 e. The van der Waals surface area contributed by atoms with Crippen LogP contribution in [0.25, 0.3) is 0 Å². The number of aromatic nitrogens is 1. The number of nitrogens with one attached hydrogen (secondary N) is 1. The van der Waals surface area contributed by atoms with E-state index in [-0.39, 0.29) is 17.9 Å². The predicted molar refractivity (Wildman–Crippen MR) is 129 cm³/mol. The molecule has 33 heavy (non-hydrogen) atoms. The third-order valence-electron chi connectivity index (χ3n) is 6.35. The van der Waals surface area contributed by atoms with Gasteiger partial charge in [-0.15, -0.1) is 0 Å². The molecule has 1 saturated heterocycles. The highest BCUT2D eigenvalue weighted by atomic mass is 16.5. The molecule has 2 aliphatic heterocycles. The molecule has 0 radical (unpaired) electrons. The Bertz CT molecular complexity index is 1020. The van der Waals surface area contributed by atoms with Crippen molar-refractivity contribution < 1.29 is 14.3 Å². The van der Waals surface area contributed by atoms with Gasteiger partial charge in [-0.2, -0.15) is 0 Å². The summed E-state index contributed by atoms with van der Waals surface area (Å²) in [5.41, 5.74) is 2.21. The predicted octanol–water partition coefficient (Wildman–Crippen LogP) is 2.03. The van der Waals surface area contributed by atoms with Gasteiger partial charge in [0.25, 0.3) is 5.91 Å². The minimum atomic E-state index is -0.329. The number of rotatable bonds is 6. The Hall–Kier alpha value is -3.17. The lowest BCUT2D eigenvalue weighted by atomic mass is 10.1. The molecule has 2 aromatic rings. The van der Waals surface area contributed by atoms with Gasteiger partial charge in [0.2, 0.25) is 5.91 Å². The number of nitrogens with zero attached hydrogens (tertiary/aromatic N) is 5. The van der Waals surface area contributed by atoms with E-state index in [1.807, 2.05) is 53.1 Å². The average Bonchev–Trinajstić information content (AvgIpc) is 2.83. The average molecular weight is 453 g/mol. The van der Waals surface area contributed by atoms with Gasteiger partial charge in [-0.3, -0.25) is 9.59 Å². The highest BCUT2D eigenvalue weighted by Crippen LogP contribution is 2.35. The van der Waals surface area contributed by atoms with Crippen LogP contribution in [0.3, 0.4) is 0 Å². The minimum Gasteiger partial charge on any atom is -0.383 e. The Kier molecular flexibility index (Phi) is 6.80. The zero-order valence-electron chi connectivity index (χ0n) is 19.7. The Balaban J connectivity index is 1.55. The normalized spacial score (nSPS) is 19.0. The molecule has 2 aliphatic rings. The Morgan fingerprint density at radius 1 is 1.15 bits per heavy atom. The fourth-order valence-corrected chi connectivity index (χ4v) is 4.26. The number of amides is 2. The van der Waals surface area contributed by atoms with E-state index in [4.69, 9.17) is 9.72 Å². The van der Waals surface area contributed by atoms with Crippen molar-refractivity contribution >= 4 is 34.8 Å². The second kappa shape index (κ2) is 9.76. The summed E-state index contributed by atoms with van der Waals surface area (Å²) in [5, 5.41) is 3.33. The number of carbonyl (C=O) groups excluding carboxylic acids is 2. The first kappa shape index (κ1) is 23.0. The number of pyridine rings is 1. The van der Waals surface area contributed by atoms with Crippen LogP contribution in [0.5, 0.6) is 0 Å². The Labute approximate surface area is 194 Å². The van der Waals surface area contributed by atoms with Gasteiger partial charge in [-0.05, 0) is 44.3 Å². The molecule has 0 unspecified atom stereocenters. The number of benzene rings is 1. The topological polar surface area (TPSA) is 81.2 Å². The second-order valence-corrected chi connectivity index (χ2v) is 8.60. The molecular formula is C24H32N6O3. The number of piperazine rings is 1. The molecule has 0 bridgehead atoms. The summed E-state index contributed by atoms with van der Waals surface area (Å²) < 4.78 is 5.24. The summed E-state index contributed by atoms with van der Waals surface area (Å²) in [6, 6.07) is 10.9. The van der Waals surface area contributed by atoms with Crippen LogP contribution >= 0.6 is 0 Å². The van der Waals surface area contributed by atoms with Crippen molar-refractivity contribution in [2.75, 3.05) is 75.7 Å². The van der Waals surface area contributed by atoms with Crippen molar-refractivity contribution in [1.29, 1.82) is 0 Å². The maximum absolute atomic E-state index is 13.0. The lowest BCUT2D eigenvalue weighted by Crippen LogP contribution is -2.52. The maximum atomic E-state index is 13.0. The molecule has 1 fully saturated rings. The van der Waals surface area contributed by atoms with Gasteiger partial charge in [0.05, 0.1) is 12.3 Å². The molecule has 0 spiro atoms. The van der Waals surface area contributed by atoms with E-state index in [1.54, 1.807) is 19.1 Å². The van der Waals surface area contributed by atoms with Crippen LogP contribution < -0.4 is 15.1 Å². The van der Waals surface area contributed by atoms with E-state index >= 15 is 0 Å². The van der Waals surface area contributed by atoms with Crippen molar-refractivity contribution in [1.82, 2.24) is 14.8 Å². The first-order valence-corrected chi connectivity index (χ1v) is 11.3. The summed E-state index contributed by atoms with van der Waals surface area (Å²) in [4.78, 5) is 38.2. The second-order valence-electron chi connectivity index (χ2n) is 8.60. The van der Waals surface area contributed by atoms with Crippen molar-refractivity contribution in [2.45, 2.75) is 13.0 Å². The van der Waals surface area contributed by atoms with Gasteiger partial charge in [-0.1, -0.05) is 6.07 Å². The van der Waals surface area contributed by atoms with Crippen molar-refractivity contribution in [2.24, 2.45) is 0 Å². The fraction of sp³-hybridized carbons (Fsp3) is 0.458. The lowest BCUT2D eigenvalue weighted by molar-refractivity contribution is -0.119. The molecule has 2 amide bonds. The largest absolute Gasteiger partial charge is 0.383 e. The van der Waals surface area contributed by atoms with Gasteiger partial charge in [0.1, 0.15) is 11.9 Å². The molecule has 1 aromatic carbocycles. The summed E-state index contributed by atoms with van der Waals surface area (Å²) in [7, 11) is 5.49. The van der Waals surface area contributed by atoms with Crippen molar-refractivity contribution in [3.05, 3.63) is 42.0 Å². The highest BCUT2D eigenvalue weighted by molar-refractivity contribution is 6.04. The van der Waals surface area contributed by atoms with E-state index in [1.165, 1.54) is 0 Å². The zero-order valence-corrected chi connectivity index (χ0v) is 19.7. The molecule has 9 heteroatoms. The van der Waals surface area contributed by atoms with Crippen LogP contribution in [0.15, 0.2) is 36.4 Å². The van der Waals surface area contributed by atoms with Crippen LogP contribution in [-0.2, 0) is 9.53 Å². The van der Waals surface area contributed by atoms with Gasteiger partial charge in [-0.25, -0.2) is 4.98 Å². The summed E-state index contributed by atoms with van der Waals surface area (Å²) >= 11 is 0. The van der Waals surface area contributed by atoms with Crippen molar-refractivity contribution in [3.63, 3.8) is 0 Å². The molecule has 0 saturated carbocycles. The highest BCUT2D eigenvalue weighted by Gasteiger charge is 2.34. The van der Waals surface area contributed by atoms with E-state index in [2.05, 4.69) is 17.3 Å². The first-order valence-electron chi connectivity index (χ1n) is 11.3. The molecular weight excluding hydrogens is 420 g/mol. The van der Waals surface area contributed by atoms with Gasteiger partial charge in [0.15, 0.2) is 5.82 Å². The molecule has 0 aliphatic carbocycles. The number of fused-ring (bicyclic) bond motifs is 1. The Morgan fingerprint density at radius 2 is 1.91 bits per heavy atom. The van der Waals surface area contributed by atoms with Gasteiger partial charge >= 0.3 is 0 Å². The molecule has 3 heterocycles. The fourth-order valence-electron chi connectivity index (χ4n) is 4.26. The third kappa shape index (κ3) is 4.79. The zero-order chi connectivity index (χ0) is 23.5. The van der Waals surface area contributed by atoms with E-state index in [0.29, 0.717) is 24.5 Å².